The summed E-state index contributed by atoms with van der Waals surface area (Å²) in [5.74, 6) is 0. The van der Waals surface area contributed by atoms with Gasteiger partial charge in [-0.25, -0.2) is 9.97 Å². The molecule has 0 atom stereocenters. The lowest BCUT2D eigenvalue weighted by atomic mass is 10.2. The van der Waals surface area contributed by atoms with Crippen molar-refractivity contribution >= 4 is 49.8 Å². The zero-order valence-corrected chi connectivity index (χ0v) is 10.9. The largest absolute Gasteiger partial charge is 0.338 e. The molecular weight excluding hydrogens is 286 g/mol. The van der Waals surface area contributed by atoms with Crippen molar-refractivity contribution in [2.45, 2.75) is 5.03 Å². The van der Waals surface area contributed by atoms with E-state index in [1.165, 1.54) is 0 Å². The van der Waals surface area contributed by atoms with Gasteiger partial charge in [0.25, 0.3) is 0 Å². The van der Waals surface area contributed by atoms with Crippen LogP contribution in [0.2, 0.25) is 0 Å². The molecule has 0 saturated heterocycles. The van der Waals surface area contributed by atoms with Crippen LogP contribution in [0.4, 0.5) is 0 Å². The Morgan fingerprint density at radius 1 is 1.38 bits per heavy atom. The minimum atomic E-state index is 0.847. The van der Waals surface area contributed by atoms with E-state index in [-0.39, 0.29) is 0 Å². The Kier molecular flexibility index (Phi) is 2.37. The number of hydrogen-bond acceptors (Lipinski definition) is 3. The van der Waals surface area contributed by atoms with Gasteiger partial charge in [0.2, 0.25) is 0 Å². The van der Waals surface area contributed by atoms with E-state index in [0.717, 1.165) is 31.6 Å². The first-order chi connectivity index (χ1) is 7.78. The number of rotatable bonds is 1. The predicted octanol–water partition coefficient (Wildman–Crippen LogP) is 3.60. The van der Waals surface area contributed by atoms with Crippen molar-refractivity contribution in [1.29, 1.82) is 0 Å². The number of aromatic amines is 1. The van der Waals surface area contributed by atoms with Crippen LogP contribution in [0.25, 0.3) is 22.1 Å². The van der Waals surface area contributed by atoms with Gasteiger partial charge in [0.15, 0.2) is 5.65 Å². The first-order valence-corrected chi connectivity index (χ1v) is 6.77. The van der Waals surface area contributed by atoms with E-state index < -0.39 is 0 Å². The Morgan fingerprint density at radius 3 is 3.06 bits per heavy atom. The van der Waals surface area contributed by atoms with Crippen molar-refractivity contribution < 1.29 is 0 Å². The Balaban J connectivity index is 2.40. The van der Waals surface area contributed by atoms with Gasteiger partial charge >= 0.3 is 0 Å². The second-order valence-electron chi connectivity index (χ2n) is 3.42. The molecule has 0 amide bonds. The molecule has 0 saturated carbocycles. The van der Waals surface area contributed by atoms with Crippen LogP contribution in [-0.2, 0) is 0 Å². The number of nitrogens with one attached hydrogen (secondary N) is 1. The van der Waals surface area contributed by atoms with E-state index >= 15 is 0 Å². The Hall–Kier alpha value is -1.07. The molecule has 0 radical (unpaired) electrons. The summed E-state index contributed by atoms with van der Waals surface area (Å²) < 4.78 is 1.05. The van der Waals surface area contributed by atoms with E-state index in [9.17, 15) is 0 Å². The molecule has 0 bridgehead atoms. The maximum atomic E-state index is 4.49. The summed E-state index contributed by atoms with van der Waals surface area (Å²) in [5, 5.41) is 2.04. The van der Waals surface area contributed by atoms with E-state index in [0.29, 0.717) is 0 Å². The third-order valence-electron chi connectivity index (χ3n) is 2.45. The zero-order valence-electron chi connectivity index (χ0n) is 8.49. The average Bonchev–Trinajstić information content (AvgIpc) is 2.64. The highest BCUT2D eigenvalue weighted by molar-refractivity contribution is 9.10. The van der Waals surface area contributed by atoms with Crippen molar-refractivity contribution in [3.05, 3.63) is 28.9 Å². The first-order valence-electron chi connectivity index (χ1n) is 4.76. The number of halogens is 1. The molecule has 0 aliphatic carbocycles. The highest BCUT2D eigenvalue weighted by atomic mass is 79.9. The van der Waals surface area contributed by atoms with Gasteiger partial charge < -0.3 is 4.98 Å². The van der Waals surface area contributed by atoms with Gasteiger partial charge in [-0.15, -0.1) is 11.8 Å². The second-order valence-corrected chi connectivity index (χ2v) is 5.17. The Bertz CT molecular complexity index is 677. The van der Waals surface area contributed by atoms with Gasteiger partial charge in [0.1, 0.15) is 10.5 Å². The number of nitrogens with zero attached hydrogens (tertiary/aromatic N) is 2. The number of aromatic nitrogens is 3. The smallest absolute Gasteiger partial charge is 0.158 e. The molecule has 5 heteroatoms. The fourth-order valence-electron chi connectivity index (χ4n) is 1.71. The molecule has 0 spiro atoms. The van der Waals surface area contributed by atoms with E-state index in [2.05, 4.69) is 30.9 Å². The van der Waals surface area contributed by atoms with Crippen molar-refractivity contribution in [3.8, 4) is 0 Å². The summed E-state index contributed by atoms with van der Waals surface area (Å²) in [6.45, 7) is 0. The number of thioether (sulfide) groups is 1. The van der Waals surface area contributed by atoms with Crippen LogP contribution in [0.1, 0.15) is 0 Å². The zero-order chi connectivity index (χ0) is 11.1. The third kappa shape index (κ3) is 1.51. The second kappa shape index (κ2) is 3.75. The standard InChI is InChI=1S/C11H8BrN3S/c1-16-9-5-13-10-7-3-2-6(12)4-8(7)14-11(10)15-9/h2-5H,1H3,(H,14,15). The van der Waals surface area contributed by atoms with Gasteiger partial charge in [0.05, 0.1) is 11.7 Å². The normalized spacial score (nSPS) is 11.4. The first kappa shape index (κ1) is 10.1. The van der Waals surface area contributed by atoms with Crippen molar-refractivity contribution in [2.75, 3.05) is 6.26 Å². The molecule has 2 heterocycles. The van der Waals surface area contributed by atoms with Crippen molar-refractivity contribution in [2.24, 2.45) is 0 Å². The molecule has 3 rings (SSSR count). The van der Waals surface area contributed by atoms with Crippen LogP contribution in [0.5, 0.6) is 0 Å². The number of hydrogen-bond donors (Lipinski definition) is 1. The van der Waals surface area contributed by atoms with Crippen LogP contribution in [0, 0.1) is 0 Å². The predicted molar refractivity (Wildman–Crippen MR) is 70.9 cm³/mol. The summed E-state index contributed by atoms with van der Waals surface area (Å²) in [6.07, 6.45) is 3.80. The van der Waals surface area contributed by atoms with Crippen molar-refractivity contribution in [1.82, 2.24) is 15.0 Å². The van der Waals surface area contributed by atoms with Crippen LogP contribution in [0.15, 0.2) is 33.9 Å². The highest BCUT2D eigenvalue weighted by Gasteiger charge is 2.07. The maximum Gasteiger partial charge on any atom is 0.158 e. The van der Waals surface area contributed by atoms with Crippen LogP contribution in [0.3, 0.4) is 0 Å². The lowest BCUT2D eigenvalue weighted by molar-refractivity contribution is 1.11. The molecule has 16 heavy (non-hydrogen) atoms. The highest BCUT2D eigenvalue weighted by Crippen LogP contribution is 2.26. The summed E-state index contributed by atoms with van der Waals surface area (Å²) in [6, 6.07) is 6.10. The minimum Gasteiger partial charge on any atom is -0.338 e. The van der Waals surface area contributed by atoms with Gasteiger partial charge in [-0.2, -0.15) is 0 Å². The Labute approximate surface area is 105 Å². The molecule has 80 valence electrons. The van der Waals surface area contributed by atoms with Crippen LogP contribution >= 0.6 is 27.7 Å². The van der Waals surface area contributed by atoms with Gasteiger partial charge in [-0.3, -0.25) is 0 Å². The molecule has 0 unspecified atom stereocenters. The average molecular weight is 294 g/mol. The molecule has 0 aliphatic rings. The van der Waals surface area contributed by atoms with Crippen molar-refractivity contribution in [3.63, 3.8) is 0 Å². The fraction of sp³-hybridized carbons (Fsp3) is 0.0909. The number of fused-ring (bicyclic) bond motifs is 3. The molecule has 2 aromatic heterocycles. The summed E-state index contributed by atoms with van der Waals surface area (Å²) in [7, 11) is 0. The van der Waals surface area contributed by atoms with Crippen LogP contribution < -0.4 is 0 Å². The summed E-state index contributed by atoms with van der Waals surface area (Å²) in [4.78, 5) is 12.2. The molecule has 0 aliphatic heterocycles. The molecule has 1 N–H and O–H groups in total. The number of H-pyrrole nitrogens is 1. The molecule has 3 nitrogen and oxygen atoms in total. The molecular formula is C11H8BrN3S. The minimum absolute atomic E-state index is 0.847. The van der Waals surface area contributed by atoms with Gasteiger partial charge in [0, 0.05) is 9.86 Å². The maximum absolute atomic E-state index is 4.49. The molecule has 0 fully saturated rings. The molecule has 1 aromatic carbocycles. The fourth-order valence-corrected chi connectivity index (χ4v) is 2.41. The number of benzene rings is 1. The van der Waals surface area contributed by atoms with E-state index in [1.54, 1.807) is 11.8 Å². The van der Waals surface area contributed by atoms with Crippen LogP contribution in [-0.4, -0.2) is 21.2 Å². The van der Waals surface area contributed by atoms with Gasteiger partial charge in [-0.1, -0.05) is 15.9 Å². The van der Waals surface area contributed by atoms with E-state index in [1.807, 2.05) is 30.7 Å². The quantitative estimate of drug-likeness (QED) is 0.697. The Morgan fingerprint density at radius 2 is 2.25 bits per heavy atom. The summed E-state index contributed by atoms with van der Waals surface area (Å²) in [5.41, 5.74) is 2.84. The van der Waals surface area contributed by atoms with Gasteiger partial charge in [-0.05, 0) is 24.5 Å². The third-order valence-corrected chi connectivity index (χ3v) is 3.56. The summed E-state index contributed by atoms with van der Waals surface area (Å²) >= 11 is 5.05. The lowest BCUT2D eigenvalue weighted by Gasteiger charge is -1.93. The monoisotopic (exact) mass is 293 g/mol. The SMILES string of the molecule is CSc1cnc2c(n1)[nH]c1cc(Br)ccc12. The topological polar surface area (TPSA) is 41.6 Å². The van der Waals surface area contributed by atoms with E-state index in [4.69, 9.17) is 0 Å². The molecule has 3 aromatic rings. The lowest BCUT2D eigenvalue weighted by Crippen LogP contribution is -1.83.